The van der Waals surface area contributed by atoms with Gasteiger partial charge in [-0.15, -0.1) is 0 Å². The first-order valence-electron chi connectivity index (χ1n) is 12.0. The molecule has 0 unspecified atom stereocenters. The molecule has 0 atom stereocenters. The molecule has 0 saturated carbocycles. The number of fused-ring (bicyclic) bond motifs is 2. The van der Waals surface area contributed by atoms with Crippen molar-refractivity contribution in [2.45, 2.75) is 65.2 Å². The summed E-state index contributed by atoms with van der Waals surface area (Å²) >= 11 is 6.09. The Balaban J connectivity index is 0.000000189. The van der Waals surface area contributed by atoms with E-state index in [0.29, 0.717) is 22.7 Å². The number of para-hydroxylation sites is 1. The second-order valence-electron chi connectivity index (χ2n) is 8.75. The van der Waals surface area contributed by atoms with Gasteiger partial charge < -0.3 is 14.8 Å². The fourth-order valence-electron chi connectivity index (χ4n) is 4.94. The first-order valence-corrected chi connectivity index (χ1v) is 12.4. The van der Waals surface area contributed by atoms with Gasteiger partial charge in [-0.2, -0.15) is 5.26 Å². The third kappa shape index (κ3) is 4.82. The van der Waals surface area contributed by atoms with Gasteiger partial charge in [-0.25, -0.2) is 4.98 Å². The number of anilines is 2. The molecule has 3 aromatic rings. The van der Waals surface area contributed by atoms with Crippen molar-refractivity contribution in [3.05, 3.63) is 52.3 Å². The van der Waals surface area contributed by atoms with Crippen LogP contribution in [-0.4, -0.2) is 23.3 Å². The Bertz CT molecular complexity index is 1140. The Kier molecular flexibility index (Phi) is 8.26. The standard InChI is InChI=1S/C14H16ClN3.C13H20N2/c1-4-9(5-2)11-7-6-10(8-16)12-13(11)18(3)14(15)17-12;1-4-10(5-2)11-7-6-8-12-13(11)15(3)9-14-12/h6-7,9H,4-5H2,1-3H3;6-8,10,14H,4-5,9H2,1-3H3. The highest BCUT2D eigenvalue weighted by Gasteiger charge is 2.22. The van der Waals surface area contributed by atoms with Crippen LogP contribution >= 0.6 is 11.6 Å². The number of nitriles is 1. The van der Waals surface area contributed by atoms with Gasteiger partial charge in [-0.05, 0) is 72.4 Å². The van der Waals surface area contributed by atoms with Crippen LogP contribution in [0.1, 0.15) is 81.9 Å². The molecule has 6 heteroatoms. The third-order valence-electron chi connectivity index (χ3n) is 6.93. The summed E-state index contributed by atoms with van der Waals surface area (Å²) in [5.41, 5.74) is 7.73. The van der Waals surface area contributed by atoms with Gasteiger partial charge in [0.05, 0.1) is 29.1 Å². The smallest absolute Gasteiger partial charge is 0.203 e. The largest absolute Gasteiger partial charge is 0.366 e. The van der Waals surface area contributed by atoms with Crippen LogP contribution in [0.5, 0.6) is 0 Å². The van der Waals surface area contributed by atoms with Crippen LogP contribution in [0.15, 0.2) is 30.3 Å². The quantitative estimate of drug-likeness (QED) is 0.411. The van der Waals surface area contributed by atoms with Gasteiger partial charge in [0, 0.05) is 14.1 Å². The average Bonchev–Trinajstić information content (AvgIpc) is 3.36. The molecule has 33 heavy (non-hydrogen) atoms. The van der Waals surface area contributed by atoms with Crippen LogP contribution in [0.25, 0.3) is 11.0 Å². The number of imidazole rings is 1. The molecule has 0 spiro atoms. The molecule has 1 aliphatic heterocycles. The summed E-state index contributed by atoms with van der Waals surface area (Å²) in [7, 11) is 4.05. The Labute approximate surface area is 203 Å². The second kappa shape index (κ2) is 10.9. The van der Waals surface area contributed by atoms with E-state index in [0.717, 1.165) is 30.5 Å². The number of nitrogens with zero attached hydrogens (tertiary/aromatic N) is 4. The van der Waals surface area contributed by atoms with Crippen molar-refractivity contribution in [2.75, 3.05) is 23.9 Å². The minimum absolute atomic E-state index is 0.430. The zero-order valence-corrected chi connectivity index (χ0v) is 21.5. The van der Waals surface area contributed by atoms with Crippen LogP contribution < -0.4 is 10.2 Å². The van der Waals surface area contributed by atoms with Crippen molar-refractivity contribution in [3.63, 3.8) is 0 Å². The highest BCUT2D eigenvalue weighted by molar-refractivity contribution is 6.29. The Morgan fingerprint density at radius 1 is 1.00 bits per heavy atom. The van der Waals surface area contributed by atoms with E-state index in [1.54, 1.807) is 0 Å². The molecule has 0 saturated heterocycles. The lowest BCUT2D eigenvalue weighted by Gasteiger charge is -2.20. The minimum Gasteiger partial charge on any atom is -0.366 e. The van der Waals surface area contributed by atoms with E-state index in [4.69, 9.17) is 16.9 Å². The van der Waals surface area contributed by atoms with E-state index in [1.807, 2.05) is 23.7 Å². The molecule has 0 aliphatic carbocycles. The van der Waals surface area contributed by atoms with Gasteiger partial charge >= 0.3 is 0 Å². The van der Waals surface area contributed by atoms with Gasteiger partial charge in [0.25, 0.3) is 0 Å². The molecule has 4 rings (SSSR count). The molecule has 1 aliphatic rings. The normalized spacial score (nSPS) is 12.5. The maximum atomic E-state index is 9.14. The van der Waals surface area contributed by atoms with Crippen molar-refractivity contribution < 1.29 is 0 Å². The van der Waals surface area contributed by atoms with E-state index < -0.39 is 0 Å². The predicted octanol–water partition coefficient (Wildman–Crippen LogP) is 7.41. The molecule has 2 aromatic carbocycles. The summed E-state index contributed by atoms with van der Waals surface area (Å²) in [5, 5.41) is 13.0. The summed E-state index contributed by atoms with van der Waals surface area (Å²) in [6.45, 7) is 9.84. The molecule has 1 N–H and O–H groups in total. The Morgan fingerprint density at radius 2 is 1.64 bits per heavy atom. The lowest BCUT2D eigenvalue weighted by atomic mass is 9.92. The summed E-state index contributed by atoms with van der Waals surface area (Å²) in [5.74, 6) is 1.18. The number of aromatic nitrogens is 2. The van der Waals surface area contributed by atoms with Crippen LogP contribution in [0.2, 0.25) is 5.28 Å². The Morgan fingerprint density at radius 3 is 2.24 bits per heavy atom. The van der Waals surface area contributed by atoms with Crippen LogP contribution in [0.4, 0.5) is 11.4 Å². The number of hydrogen-bond donors (Lipinski definition) is 1. The monoisotopic (exact) mass is 465 g/mol. The van der Waals surface area contributed by atoms with Gasteiger partial charge in [0.1, 0.15) is 11.6 Å². The topological polar surface area (TPSA) is 56.9 Å². The average molecular weight is 466 g/mol. The lowest BCUT2D eigenvalue weighted by molar-refractivity contribution is 0.642. The predicted molar refractivity (Wildman–Crippen MR) is 140 cm³/mol. The maximum absolute atomic E-state index is 9.14. The number of nitrogens with one attached hydrogen (secondary N) is 1. The third-order valence-corrected chi connectivity index (χ3v) is 7.26. The molecular formula is C27H36ClN5. The maximum Gasteiger partial charge on any atom is 0.203 e. The molecule has 5 nitrogen and oxygen atoms in total. The number of benzene rings is 2. The molecule has 2 heterocycles. The van der Waals surface area contributed by atoms with Gasteiger partial charge in [-0.3, -0.25) is 0 Å². The zero-order valence-electron chi connectivity index (χ0n) is 20.7. The number of rotatable bonds is 6. The first-order chi connectivity index (χ1) is 15.9. The van der Waals surface area contributed by atoms with Crippen molar-refractivity contribution in [1.29, 1.82) is 5.26 Å². The number of hydrogen-bond acceptors (Lipinski definition) is 4. The highest BCUT2D eigenvalue weighted by atomic mass is 35.5. The van der Waals surface area contributed by atoms with Crippen LogP contribution in [0.3, 0.4) is 0 Å². The lowest BCUT2D eigenvalue weighted by Crippen LogP contribution is -2.17. The molecule has 0 bridgehead atoms. The van der Waals surface area contributed by atoms with Gasteiger partial charge in [0.15, 0.2) is 0 Å². The van der Waals surface area contributed by atoms with Crippen molar-refractivity contribution in [3.8, 4) is 6.07 Å². The van der Waals surface area contributed by atoms with Crippen LogP contribution in [0, 0.1) is 11.3 Å². The van der Waals surface area contributed by atoms with E-state index in [2.05, 4.69) is 74.2 Å². The number of halogens is 1. The van der Waals surface area contributed by atoms with Crippen LogP contribution in [-0.2, 0) is 7.05 Å². The Hall–Kier alpha value is -2.71. The summed E-state index contributed by atoms with van der Waals surface area (Å²) in [4.78, 5) is 6.61. The van der Waals surface area contributed by atoms with Crippen molar-refractivity contribution >= 4 is 34.0 Å². The van der Waals surface area contributed by atoms with E-state index in [-0.39, 0.29) is 0 Å². The summed E-state index contributed by atoms with van der Waals surface area (Å²) < 4.78 is 1.87. The fraction of sp³-hybridized carbons (Fsp3) is 0.481. The molecule has 0 fully saturated rings. The van der Waals surface area contributed by atoms with E-state index in [9.17, 15) is 0 Å². The van der Waals surface area contributed by atoms with E-state index >= 15 is 0 Å². The molecule has 0 radical (unpaired) electrons. The zero-order chi connectivity index (χ0) is 24.1. The summed E-state index contributed by atoms with van der Waals surface area (Å²) in [6.07, 6.45) is 4.59. The second-order valence-corrected chi connectivity index (χ2v) is 9.09. The van der Waals surface area contributed by atoms with Crippen molar-refractivity contribution in [1.82, 2.24) is 9.55 Å². The molecular weight excluding hydrogens is 430 g/mol. The fourth-order valence-corrected chi connectivity index (χ4v) is 5.11. The van der Waals surface area contributed by atoms with Gasteiger partial charge in [0.2, 0.25) is 5.28 Å². The molecule has 176 valence electrons. The SMILES string of the molecule is CCC(CC)c1ccc(C#N)c2nc(Cl)n(C)c12.CCC(CC)c1cccc2c1N(C)CN2. The highest BCUT2D eigenvalue weighted by Crippen LogP contribution is 2.39. The van der Waals surface area contributed by atoms with Crippen molar-refractivity contribution in [2.24, 2.45) is 7.05 Å². The minimum atomic E-state index is 0.430. The van der Waals surface area contributed by atoms with Gasteiger partial charge in [-0.1, -0.05) is 45.9 Å². The molecule has 1 aromatic heterocycles. The first kappa shape index (κ1) is 24.9. The molecule has 0 amide bonds. The summed E-state index contributed by atoms with van der Waals surface area (Å²) in [6, 6.07) is 12.7. The number of aryl methyl sites for hydroxylation is 1. The van der Waals surface area contributed by atoms with E-state index in [1.165, 1.54) is 35.3 Å².